The van der Waals surface area contributed by atoms with Crippen LogP contribution in [0.2, 0.25) is 0 Å². The van der Waals surface area contributed by atoms with Gasteiger partial charge in [0.2, 0.25) is 10.0 Å². The molecule has 0 N–H and O–H groups in total. The van der Waals surface area contributed by atoms with Crippen molar-refractivity contribution in [2.75, 3.05) is 39.0 Å². The summed E-state index contributed by atoms with van der Waals surface area (Å²) in [6, 6.07) is 0. The van der Waals surface area contributed by atoms with Crippen molar-refractivity contribution in [2.24, 2.45) is 0 Å². The molecule has 2 aliphatic rings. The summed E-state index contributed by atoms with van der Waals surface area (Å²) >= 11 is 0. The van der Waals surface area contributed by atoms with Crippen molar-refractivity contribution in [1.29, 1.82) is 0 Å². The van der Waals surface area contributed by atoms with Crippen molar-refractivity contribution in [3.05, 3.63) is 0 Å². The maximum absolute atomic E-state index is 12.0. The van der Waals surface area contributed by atoms with Crippen LogP contribution in [-0.2, 0) is 19.6 Å². The standard InChI is InChI=1S/C10H18N2O4S/c1-17(14,15)12-6-4-11(5-7-12)10(13)9-3-2-8-16-9/h9H,2-8H2,1H3/t9-/m0/s1. The normalized spacial score (nSPS) is 27.4. The first-order valence-electron chi connectivity index (χ1n) is 5.84. The van der Waals surface area contributed by atoms with Crippen LogP contribution in [0.15, 0.2) is 0 Å². The molecular weight excluding hydrogens is 244 g/mol. The van der Waals surface area contributed by atoms with Gasteiger partial charge in [0.25, 0.3) is 5.91 Å². The van der Waals surface area contributed by atoms with Crippen LogP contribution in [0, 0.1) is 0 Å². The fourth-order valence-electron chi connectivity index (χ4n) is 2.22. The third kappa shape index (κ3) is 2.97. The van der Waals surface area contributed by atoms with Crippen molar-refractivity contribution in [3.8, 4) is 0 Å². The van der Waals surface area contributed by atoms with Gasteiger partial charge in [-0.15, -0.1) is 0 Å². The summed E-state index contributed by atoms with van der Waals surface area (Å²) in [5.74, 6) is 0.00986. The van der Waals surface area contributed by atoms with Gasteiger partial charge < -0.3 is 9.64 Å². The lowest BCUT2D eigenvalue weighted by atomic mass is 10.2. The molecule has 1 amide bonds. The molecule has 2 aliphatic heterocycles. The van der Waals surface area contributed by atoms with Crippen LogP contribution in [0.25, 0.3) is 0 Å². The van der Waals surface area contributed by atoms with Crippen LogP contribution >= 0.6 is 0 Å². The highest BCUT2D eigenvalue weighted by Gasteiger charge is 2.31. The Morgan fingerprint density at radius 3 is 2.35 bits per heavy atom. The summed E-state index contributed by atoms with van der Waals surface area (Å²) in [7, 11) is -3.13. The summed E-state index contributed by atoms with van der Waals surface area (Å²) in [5, 5.41) is 0. The molecule has 6 nitrogen and oxygen atoms in total. The van der Waals surface area contributed by atoms with Gasteiger partial charge in [-0.1, -0.05) is 0 Å². The lowest BCUT2D eigenvalue weighted by Gasteiger charge is -2.34. The Morgan fingerprint density at radius 1 is 1.24 bits per heavy atom. The van der Waals surface area contributed by atoms with Crippen molar-refractivity contribution in [3.63, 3.8) is 0 Å². The minimum Gasteiger partial charge on any atom is -0.368 e. The number of hydrogen-bond donors (Lipinski definition) is 0. The van der Waals surface area contributed by atoms with Gasteiger partial charge in [-0.3, -0.25) is 4.79 Å². The smallest absolute Gasteiger partial charge is 0.251 e. The lowest BCUT2D eigenvalue weighted by molar-refractivity contribution is -0.142. The van der Waals surface area contributed by atoms with Gasteiger partial charge in [-0.25, -0.2) is 8.42 Å². The van der Waals surface area contributed by atoms with E-state index >= 15 is 0 Å². The maximum atomic E-state index is 12.0. The highest BCUT2D eigenvalue weighted by Crippen LogP contribution is 2.16. The Hall–Kier alpha value is -0.660. The van der Waals surface area contributed by atoms with E-state index in [-0.39, 0.29) is 12.0 Å². The van der Waals surface area contributed by atoms with E-state index in [9.17, 15) is 13.2 Å². The lowest BCUT2D eigenvalue weighted by Crippen LogP contribution is -2.52. The molecule has 0 aromatic carbocycles. The molecule has 0 saturated carbocycles. The predicted molar refractivity (Wildman–Crippen MR) is 62.0 cm³/mol. The SMILES string of the molecule is CS(=O)(=O)N1CCN(C(=O)[C@@H]2CCCO2)CC1. The fourth-order valence-corrected chi connectivity index (χ4v) is 3.04. The Bertz CT molecular complexity index is 381. The van der Waals surface area contributed by atoms with Gasteiger partial charge in [-0.2, -0.15) is 4.31 Å². The largest absolute Gasteiger partial charge is 0.368 e. The van der Waals surface area contributed by atoms with E-state index in [1.54, 1.807) is 4.90 Å². The molecular formula is C10H18N2O4S. The summed E-state index contributed by atoms with van der Waals surface area (Å²) in [6.45, 7) is 2.35. The third-order valence-corrected chi connectivity index (χ3v) is 4.53. The first kappa shape index (κ1) is 12.8. The second kappa shape index (κ2) is 4.91. The molecule has 0 radical (unpaired) electrons. The molecule has 0 spiro atoms. The molecule has 7 heteroatoms. The third-order valence-electron chi connectivity index (χ3n) is 3.22. The fraction of sp³-hybridized carbons (Fsp3) is 0.900. The van der Waals surface area contributed by atoms with Crippen LogP contribution in [0.3, 0.4) is 0 Å². The molecule has 17 heavy (non-hydrogen) atoms. The van der Waals surface area contributed by atoms with Crippen LogP contribution in [-0.4, -0.2) is 68.7 Å². The molecule has 0 aliphatic carbocycles. The minimum atomic E-state index is -3.13. The number of carbonyl (C=O) groups is 1. The van der Waals surface area contributed by atoms with E-state index < -0.39 is 10.0 Å². The maximum Gasteiger partial charge on any atom is 0.251 e. The molecule has 2 heterocycles. The van der Waals surface area contributed by atoms with Crippen LogP contribution < -0.4 is 0 Å². The highest BCUT2D eigenvalue weighted by molar-refractivity contribution is 7.88. The topological polar surface area (TPSA) is 66.9 Å². The zero-order valence-corrected chi connectivity index (χ0v) is 10.8. The van der Waals surface area contributed by atoms with Gasteiger partial charge in [0, 0.05) is 32.8 Å². The van der Waals surface area contributed by atoms with E-state index in [2.05, 4.69) is 0 Å². The number of rotatable bonds is 2. The van der Waals surface area contributed by atoms with Gasteiger partial charge in [-0.05, 0) is 12.8 Å². The summed E-state index contributed by atoms with van der Waals surface area (Å²) in [6.07, 6.45) is 2.61. The molecule has 2 rings (SSSR count). The van der Waals surface area contributed by atoms with Gasteiger partial charge in [0.1, 0.15) is 6.10 Å². The summed E-state index contributed by atoms with van der Waals surface area (Å²) in [5.41, 5.74) is 0. The Balaban J connectivity index is 1.88. The number of ether oxygens (including phenoxy) is 1. The summed E-state index contributed by atoms with van der Waals surface area (Å²) in [4.78, 5) is 13.7. The number of hydrogen-bond acceptors (Lipinski definition) is 4. The molecule has 2 fully saturated rings. The Kier molecular flexibility index (Phi) is 3.70. The van der Waals surface area contributed by atoms with E-state index in [1.165, 1.54) is 10.6 Å². The van der Waals surface area contributed by atoms with Gasteiger partial charge in [0.05, 0.1) is 6.26 Å². The number of carbonyl (C=O) groups excluding carboxylic acids is 1. The first-order valence-corrected chi connectivity index (χ1v) is 7.69. The first-order chi connectivity index (χ1) is 7.98. The number of nitrogens with zero attached hydrogens (tertiary/aromatic N) is 2. The zero-order chi connectivity index (χ0) is 12.5. The van der Waals surface area contributed by atoms with Crippen molar-refractivity contribution < 1.29 is 17.9 Å². The highest BCUT2D eigenvalue weighted by atomic mass is 32.2. The average molecular weight is 262 g/mol. The van der Waals surface area contributed by atoms with Crippen LogP contribution in [0.1, 0.15) is 12.8 Å². The molecule has 0 unspecified atom stereocenters. The summed E-state index contributed by atoms with van der Waals surface area (Å²) < 4.78 is 29.4. The monoisotopic (exact) mass is 262 g/mol. The van der Waals surface area contributed by atoms with Crippen molar-refractivity contribution in [2.45, 2.75) is 18.9 Å². The molecule has 2 saturated heterocycles. The van der Waals surface area contributed by atoms with Crippen LogP contribution in [0.5, 0.6) is 0 Å². The predicted octanol–water partition coefficient (Wildman–Crippen LogP) is -0.731. The average Bonchev–Trinajstić information content (AvgIpc) is 2.80. The van der Waals surface area contributed by atoms with Gasteiger partial charge >= 0.3 is 0 Å². The van der Waals surface area contributed by atoms with Gasteiger partial charge in [0.15, 0.2) is 0 Å². The number of piperazine rings is 1. The molecule has 0 aromatic heterocycles. The molecule has 0 aromatic rings. The van der Waals surface area contributed by atoms with E-state index in [0.717, 1.165) is 12.8 Å². The zero-order valence-electron chi connectivity index (χ0n) is 9.96. The second-order valence-electron chi connectivity index (χ2n) is 4.49. The number of sulfonamides is 1. The van der Waals surface area contributed by atoms with E-state index in [1.807, 2.05) is 0 Å². The number of amides is 1. The Labute approximate surface area is 102 Å². The van der Waals surface area contributed by atoms with E-state index in [0.29, 0.717) is 32.8 Å². The Morgan fingerprint density at radius 2 is 1.88 bits per heavy atom. The minimum absolute atomic E-state index is 0.00986. The molecule has 0 bridgehead atoms. The molecule has 98 valence electrons. The van der Waals surface area contributed by atoms with E-state index in [4.69, 9.17) is 4.74 Å². The van der Waals surface area contributed by atoms with Crippen molar-refractivity contribution in [1.82, 2.24) is 9.21 Å². The second-order valence-corrected chi connectivity index (χ2v) is 6.47. The van der Waals surface area contributed by atoms with Crippen molar-refractivity contribution >= 4 is 15.9 Å². The molecule has 1 atom stereocenters. The van der Waals surface area contributed by atoms with Crippen LogP contribution in [0.4, 0.5) is 0 Å². The quantitative estimate of drug-likeness (QED) is 0.658.